The number of aryl methyl sites for hydroxylation is 1. The summed E-state index contributed by atoms with van der Waals surface area (Å²) < 4.78 is 12.4. The SMILES string of the molecule is COc1ccc2c(c1)c(C[C@@H](C)NC(=O)c1ccc(OC)nc1)cn2C. The molecule has 6 heteroatoms. The molecule has 136 valence electrons. The topological polar surface area (TPSA) is 65.4 Å². The Hall–Kier alpha value is -3.02. The van der Waals surface area contributed by atoms with Crippen molar-refractivity contribution < 1.29 is 14.3 Å². The number of nitrogens with one attached hydrogen (secondary N) is 1. The number of hydrogen-bond acceptors (Lipinski definition) is 4. The highest BCUT2D eigenvalue weighted by atomic mass is 16.5. The minimum atomic E-state index is -0.148. The van der Waals surface area contributed by atoms with Gasteiger partial charge in [0.2, 0.25) is 5.88 Å². The van der Waals surface area contributed by atoms with Gasteiger partial charge in [0.05, 0.1) is 19.8 Å². The summed E-state index contributed by atoms with van der Waals surface area (Å²) in [6.45, 7) is 1.99. The molecule has 1 amide bonds. The first-order valence-electron chi connectivity index (χ1n) is 8.44. The van der Waals surface area contributed by atoms with Crippen molar-refractivity contribution in [3.8, 4) is 11.6 Å². The molecule has 0 spiro atoms. The van der Waals surface area contributed by atoms with Gasteiger partial charge in [-0.25, -0.2) is 4.98 Å². The fraction of sp³-hybridized carbons (Fsp3) is 0.300. The van der Waals surface area contributed by atoms with Crippen molar-refractivity contribution >= 4 is 16.8 Å². The molecule has 0 fully saturated rings. The Morgan fingerprint density at radius 2 is 2.04 bits per heavy atom. The van der Waals surface area contributed by atoms with Gasteiger partial charge in [0.25, 0.3) is 5.91 Å². The monoisotopic (exact) mass is 353 g/mol. The predicted molar refractivity (Wildman–Crippen MR) is 101 cm³/mol. The summed E-state index contributed by atoms with van der Waals surface area (Å²) >= 11 is 0. The molecular formula is C20H23N3O3. The zero-order chi connectivity index (χ0) is 18.7. The lowest BCUT2D eigenvalue weighted by Gasteiger charge is -2.13. The van der Waals surface area contributed by atoms with Crippen molar-refractivity contribution in [3.63, 3.8) is 0 Å². The largest absolute Gasteiger partial charge is 0.497 e. The van der Waals surface area contributed by atoms with Crippen LogP contribution in [0.1, 0.15) is 22.8 Å². The molecular weight excluding hydrogens is 330 g/mol. The maximum absolute atomic E-state index is 12.4. The molecule has 0 aliphatic carbocycles. The van der Waals surface area contributed by atoms with Crippen LogP contribution in [0.2, 0.25) is 0 Å². The number of aromatic nitrogens is 2. The van der Waals surface area contributed by atoms with Crippen LogP contribution < -0.4 is 14.8 Å². The molecule has 3 aromatic rings. The standard InChI is InChI=1S/C20H23N3O3/c1-13(22-20(24)14-5-8-19(26-4)21-11-14)9-15-12-23(2)18-7-6-16(25-3)10-17(15)18/h5-8,10-13H,9H2,1-4H3,(H,22,24)/t13-/m1/s1. The van der Waals surface area contributed by atoms with Crippen molar-refractivity contribution in [2.75, 3.05) is 14.2 Å². The van der Waals surface area contributed by atoms with Gasteiger partial charge in [-0.05, 0) is 43.2 Å². The molecule has 0 saturated heterocycles. The van der Waals surface area contributed by atoms with E-state index >= 15 is 0 Å². The number of carbonyl (C=O) groups excluding carboxylic acids is 1. The van der Waals surface area contributed by atoms with E-state index in [9.17, 15) is 4.79 Å². The van der Waals surface area contributed by atoms with Crippen LogP contribution in [-0.4, -0.2) is 35.7 Å². The Kier molecular flexibility index (Phi) is 5.11. The summed E-state index contributed by atoms with van der Waals surface area (Å²) in [4.78, 5) is 16.5. The van der Waals surface area contributed by atoms with Gasteiger partial charge in [0.15, 0.2) is 0 Å². The smallest absolute Gasteiger partial charge is 0.253 e. The summed E-state index contributed by atoms with van der Waals surface area (Å²) in [7, 11) is 5.23. The third-order valence-electron chi connectivity index (χ3n) is 4.39. The van der Waals surface area contributed by atoms with Gasteiger partial charge in [-0.15, -0.1) is 0 Å². The molecule has 26 heavy (non-hydrogen) atoms. The molecule has 2 heterocycles. The number of pyridine rings is 1. The van der Waals surface area contributed by atoms with Gasteiger partial charge >= 0.3 is 0 Å². The third kappa shape index (κ3) is 3.64. The van der Waals surface area contributed by atoms with E-state index in [0.29, 0.717) is 11.4 Å². The first-order valence-corrected chi connectivity index (χ1v) is 8.44. The van der Waals surface area contributed by atoms with E-state index in [1.807, 2.05) is 32.2 Å². The van der Waals surface area contributed by atoms with Crippen molar-refractivity contribution in [1.29, 1.82) is 0 Å². The third-order valence-corrected chi connectivity index (χ3v) is 4.39. The van der Waals surface area contributed by atoms with Gasteiger partial charge in [-0.1, -0.05) is 0 Å². The number of benzene rings is 1. The zero-order valence-corrected chi connectivity index (χ0v) is 15.4. The van der Waals surface area contributed by atoms with Crippen molar-refractivity contribution in [2.45, 2.75) is 19.4 Å². The van der Waals surface area contributed by atoms with Crippen LogP contribution >= 0.6 is 0 Å². The second kappa shape index (κ2) is 7.47. The minimum absolute atomic E-state index is 0.0265. The average molecular weight is 353 g/mol. The molecule has 0 bridgehead atoms. The molecule has 1 aromatic carbocycles. The van der Waals surface area contributed by atoms with Crippen LogP contribution in [0.15, 0.2) is 42.7 Å². The van der Waals surface area contributed by atoms with E-state index in [-0.39, 0.29) is 11.9 Å². The number of hydrogen-bond donors (Lipinski definition) is 1. The number of nitrogens with zero attached hydrogens (tertiary/aromatic N) is 2. The molecule has 3 rings (SSSR count). The first kappa shape index (κ1) is 17.8. The van der Waals surface area contributed by atoms with E-state index in [0.717, 1.165) is 23.1 Å². The summed E-state index contributed by atoms with van der Waals surface area (Å²) in [5.74, 6) is 1.16. The molecule has 0 radical (unpaired) electrons. The predicted octanol–water partition coefficient (Wildman–Crippen LogP) is 2.95. The Labute approximate surface area is 152 Å². The Bertz CT molecular complexity index is 916. The van der Waals surface area contributed by atoms with Crippen molar-refractivity contribution in [2.24, 2.45) is 7.05 Å². The summed E-state index contributed by atoms with van der Waals surface area (Å²) in [6.07, 6.45) is 4.34. The van der Waals surface area contributed by atoms with Crippen LogP contribution in [0.4, 0.5) is 0 Å². The fourth-order valence-corrected chi connectivity index (χ4v) is 3.07. The maximum Gasteiger partial charge on any atom is 0.253 e. The molecule has 0 aliphatic heterocycles. The second-order valence-corrected chi connectivity index (χ2v) is 6.32. The Morgan fingerprint density at radius 3 is 2.69 bits per heavy atom. The fourth-order valence-electron chi connectivity index (χ4n) is 3.07. The molecule has 0 aliphatic rings. The summed E-state index contributed by atoms with van der Waals surface area (Å²) in [5.41, 5.74) is 2.82. The van der Waals surface area contributed by atoms with E-state index in [4.69, 9.17) is 9.47 Å². The molecule has 6 nitrogen and oxygen atoms in total. The number of rotatable bonds is 6. The molecule has 1 N–H and O–H groups in total. The first-order chi connectivity index (χ1) is 12.5. The van der Waals surface area contributed by atoms with E-state index in [1.165, 1.54) is 11.8 Å². The van der Waals surface area contributed by atoms with Gasteiger partial charge in [0.1, 0.15) is 5.75 Å². The molecule has 0 saturated carbocycles. The quantitative estimate of drug-likeness (QED) is 0.740. The average Bonchev–Trinajstić information content (AvgIpc) is 2.96. The van der Waals surface area contributed by atoms with Crippen molar-refractivity contribution in [3.05, 3.63) is 53.9 Å². The molecule has 2 aromatic heterocycles. The van der Waals surface area contributed by atoms with Crippen LogP contribution in [0.3, 0.4) is 0 Å². The highest BCUT2D eigenvalue weighted by molar-refractivity contribution is 5.94. The number of fused-ring (bicyclic) bond motifs is 1. The normalized spacial score (nSPS) is 12.0. The van der Waals surface area contributed by atoms with E-state index in [1.54, 1.807) is 26.4 Å². The Balaban J connectivity index is 1.74. The highest BCUT2D eigenvalue weighted by Gasteiger charge is 2.14. The number of amides is 1. The zero-order valence-electron chi connectivity index (χ0n) is 15.4. The van der Waals surface area contributed by atoms with Gasteiger partial charge in [-0.2, -0.15) is 0 Å². The lowest BCUT2D eigenvalue weighted by atomic mass is 10.1. The lowest BCUT2D eigenvalue weighted by Crippen LogP contribution is -2.34. The van der Waals surface area contributed by atoms with Crippen LogP contribution in [0.25, 0.3) is 10.9 Å². The lowest BCUT2D eigenvalue weighted by molar-refractivity contribution is 0.0939. The number of carbonyl (C=O) groups is 1. The number of ether oxygens (including phenoxy) is 2. The highest BCUT2D eigenvalue weighted by Crippen LogP contribution is 2.26. The second-order valence-electron chi connectivity index (χ2n) is 6.32. The van der Waals surface area contributed by atoms with E-state index in [2.05, 4.69) is 21.1 Å². The minimum Gasteiger partial charge on any atom is -0.497 e. The molecule has 1 atom stereocenters. The molecule has 0 unspecified atom stereocenters. The Morgan fingerprint density at radius 1 is 1.23 bits per heavy atom. The van der Waals surface area contributed by atoms with Gasteiger partial charge in [0, 0.05) is 42.5 Å². The van der Waals surface area contributed by atoms with Crippen molar-refractivity contribution in [1.82, 2.24) is 14.9 Å². The van der Waals surface area contributed by atoms with E-state index < -0.39 is 0 Å². The summed E-state index contributed by atoms with van der Waals surface area (Å²) in [6, 6.07) is 9.39. The number of methoxy groups -OCH3 is 2. The van der Waals surface area contributed by atoms with Crippen LogP contribution in [0, 0.1) is 0 Å². The van der Waals surface area contributed by atoms with Crippen LogP contribution in [-0.2, 0) is 13.5 Å². The van der Waals surface area contributed by atoms with Crippen LogP contribution in [0.5, 0.6) is 11.6 Å². The van der Waals surface area contributed by atoms with Gasteiger partial charge in [-0.3, -0.25) is 4.79 Å². The summed E-state index contributed by atoms with van der Waals surface area (Å²) in [5, 5.41) is 4.16. The maximum atomic E-state index is 12.4. The van der Waals surface area contributed by atoms with Gasteiger partial charge < -0.3 is 19.4 Å².